The van der Waals surface area contributed by atoms with Crippen LogP contribution in [-0.2, 0) is 10.3 Å². The molecule has 1 aliphatic rings. The van der Waals surface area contributed by atoms with Gasteiger partial charge in [-0.2, -0.15) is 0 Å². The fraction of sp³-hybridized carbons (Fsp3) is 0.194. The SMILES string of the molecule is COc1nc2ccc(-c3ccco3)cc2cc1[C@@H](c1ccccc1)[C@]1(c2cccc3ccccc23)CCN(C)CO1. The Morgan fingerprint density at radius 2 is 1.68 bits per heavy atom. The molecule has 3 heterocycles. The lowest BCUT2D eigenvalue weighted by Gasteiger charge is -2.47. The quantitative estimate of drug-likeness (QED) is 0.214. The number of pyridine rings is 1. The molecular weight excluding hydrogens is 508 g/mol. The van der Waals surface area contributed by atoms with Gasteiger partial charge in [-0.1, -0.05) is 72.8 Å². The van der Waals surface area contributed by atoms with Gasteiger partial charge in [-0.25, -0.2) is 4.98 Å². The van der Waals surface area contributed by atoms with E-state index in [2.05, 4.69) is 96.9 Å². The van der Waals surface area contributed by atoms with E-state index in [0.29, 0.717) is 12.6 Å². The summed E-state index contributed by atoms with van der Waals surface area (Å²) in [6.07, 6.45) is 2.51. The first-order valence-electron chi connectivity index (χ1n) is 14.0. The van der Waals surface area contributed by atoms with Gasteiger partial charge in [-0.3, -0.25) is 4.90 Å². The average Bonchev–Trinajstić information content (AvgIpc) is 3.57. The third-order valence-electron chi connectivity index (χ3n) is 8.37. The van der Waals surface area contributed by atoms with Crippen molar-refractivity contribution in [3.05, 3.63) is 132 Å². The molecule has 7 rings (SSSR count). The van der Waals surface area contributed by atoms with E-state index in [-0.39, 0.29) is 5.92 Å². The number of rotatable bonds is 6. The molecule has 2 aromatic heterocycles. The van der Waals surface area contributed by atoms with E-state index in [1.54, 1.807) is 13.4 Å². The van der Waals surface area contributed by atoms with Crippen LogP contribution >= 0.6 is 0 Å². The molecule has 1 aliphatic heterocycles. The molecule has 0 amide bonds. The summed E-state index contributed by atoms with van der Waals surface area (Å²) >= 11 is 0. The van der Waals surface area contributed by atoms with Crippen LogP contribution in [0.2, 0.25) is 0 Å². The number of methoxy groups -OCH3 is 1. The number of ether oxygens (including phenoxy) is 2. The first-order valence-corrected chi connectivity index (χ1v) is 14.0. The van der Waals surface area contributed by atoms with Crippen LogP contribution in [0.15, 0.2) is 120 Å². The maximum absolute atomic E-state index is 7.06. The zero-order valence-electron chi connectivity index (χ0n) is 23.3. The van der Waals surface area contributed by atoms with Gasteiger partial charge < -0.3 is 13.9 Å². The molecule has 1 saturated heterocycles. The molecular formula is C36H32N2O3. The maximum Gasteiger partial charge on any atom is 0.217 e. The molecule has 0 saturated carbocycles. The van der Waals surface area contributed by atoms with Crippen LogP contribution in [0.4, 0.5) is 0 Å². The lowest BCUT2D eigenvalue weighted by molar-refractivity contribution is -0.145. The van der Waals surface area contributed by atoms with Crippen LogP contribution in [0.25, 0.3) is 33.0 Å². The minimum Gasteiger partial charge on any atom is -0.481 e. The topological polar surface area (TPSA) is 47.7 Å². The predicted molar refractivity (Wildman–Crippen MR) is 163 cm³/mol. The van der Waals surface area contributed by atoms with Crippen molar-refractivity contribution < 1.29 is 13.9 Å². The van der Waals surface area contributed by atoms with Crippen molar-refractivity contribution in [3.8, 4) is 17.2 Å². The Bertz CT molecular complexity index is 1800. The highest BCUT2D eigenvalue weighted by molar-refractivity contribution is 5.88. The van der Waals surface area contributed by atoms with E-state index in [9.17, 15) is 0 Å². The molecule has 41 heavy (non-hydrogen) atoms. The highest BCUT2D eigenvalue weighted by atomic mass is 16.5. The van der Waals surface area contributed by atoms with Crippen LogP contribution in [-0.4, -0.2) is 37.3 Å². The summed E-state index contributed by atoms with van der Waals surface area (Å²) in [6, 6.07) is 38.1. The fourth-order valence-corrected chi connectivity index (χ4v) is 6.40. The molecule has 5 heteroatoms. The molecule has 1 fully saturated rings. The molecule has 2 atom stereocenters. The van der Waals surface area contributed by atoms with Crippen LogP contribution < -0.4 is 4.74 Å². The Morgan fingerprint density at radius 3 is 2.46 bits per heavy atom. The number of fused-ring (bicyclic) bond motifs is 2. The van der Waals surface area contributed by atoms with Crippen molar-refractivity contribution in [2.75, 3.05) is 27.4 Å². The molecule has 0 unspecified atom stereocenters. The maximum atomic E-state index is 7.06. The Balaban J connectivity index is 1.52. The summed E-state index contributed by atoms with van der Waals surface area (Å²) in [5, 5.41) is 3.43. The number of hydrogen-bond acceptors (Lipinski definition) is 5. The second kappa shape index (κ2) is 10.5. The number of hydrogen-bond donors (Lipinski definition) is 0. The minimum atomic E-state index is -0.657. The lowest BCUT2D eigenvalue weighted by atomic mass is 9.70. The molecule has 204 valence electrons. The summed E-state index contributed by atoms with van der Waals surface area (Å²) in [7, 11) is 3.82. The van der Waals surface area contributed by atoms with Gasteiger partial charge in [0.1, 0.15) is 18.1 Å². The van der Waals surface area contributed by atoms with Gasteiger partial charge in [0.25, 0.3) is 0 Å². The van der Waals surface area contributed by atoms with E-state index in [1.165, 1.54) is 16.3 Å². The van der Waals surface area contributed by atoms with Gasteiger partial charge in [0.15, 0.2) is 0 Å². The average molecular weight is 541 g/mol. The molecule has 5 nitrogen and oxygen atoms in total. The number of benzene rings is 4. The summed E-state index contributed by atoms with van der Waals surface area (Å²) in [6.45, 7) is 1.43. The van der Waals surface area contributed by atoms with Crippen molar-refractivity contribution in [2.24, 2.45) is 0 Å². The Kier molecular flexibility index (Phi) is 6.54. The molecule has 0 aliphatic carbocycles. The van der Waals surface area contributed by atoms with Crippen molar-refractivity contribution in [2.45, 2.75) is 17.9 Å². The standard InChI is InChI=1S/C36H32N2O3/c1-38-20-19-36(41-24-38,31-15-8-13-25-10-6-7-14-29(25)31)34(26-11-4-3-5-12-26)30-23-28-22-27(33-16-9-21-40-33)17-18-32(28)37-35(30)39-2/h3-18,21-23,34H,19-20,24H2,1-2H3/t34-,36-/m1/s1. The summed E-state index contributed by atoms with van der Waals surface area (Å²) in [5.74, 6) is 1.26. The van der Waals surface area contributed by atoms with Crippen molar-refractivity contribution in [3.63, 3.8) is 0 Å². The van der Waals surface area contributed by atoms with Crippen molar-refractivity contribution >= 4 is 21.7 Å². The molecule has 0 radical (unpaired) electrons. The highest BCUT2D eigenvalue weighted by Crippen LogP contribution is 2.52. The van der Waals surface area contributed by atoms with E-state index in [0.717, 1.165) is 46.3 Å². The minimum absolute atomic E-state index is 0.178. The summed E-state index contributed by atoms with van der Waals surface area (Å²) in [4.78, 5) is 7.27. The molecule has 6 aromatic rings. The normalized spacial score (nSPS) is 18.5. The van der Waals surface area contributed by atoms with Crippen LogP contribution in [0, 0.1) is 0 Å². The summed E-state index contributed by atoms with van der Waals surface area (Å²) in [5.41, 5.74) is 4.57. The Morgan fingerprint density at radius 1 is 0.854 bits per heavy atom. The monoisotopic (exact) mass is 540 g/mol. The van der Waals surface area contributed by atoms with Crippen LogP contribution in [0.3, 0.4) is 0 Å². The molecule has 0 N–H and O–H groups in total. The predicted octanol–water partition coefficient (Wildman–Crippen LogP) is 7.99. The third-order valence-corrected chi connectivity index (χ3v) is 8.37. The van der Waals surface area contributed by atoms with E-state index in [4.69, 9.17) is 18.9 Å². The van der Waals surface area contributed by atoms with Crippen molar-refractivity contribution in [1.82, 2.24) is 9.88 Å². The Labute approximate surface area is 240 Å². The second-order valence-corrected chi connectivity index (χ2v) is 10.8. The van der Waals surface area contributed by atoms with Gasteiger partial charge in [-0.15, -0.1) is 0 Å². The van der Waals surface area contributed by atoms with Crippen LogP contribution in [0.5, 0.6) is 5.88 Å². The first-order chi connectivity index (χ1) is 20.2. The highest BCUT2D eigenvalue weighted by Gasteiger charge is 2.47. The lowest BCUT2D eigenvalue weighted by Crippen LogP contribution is -2.47. The second-order valence-electron chi connectivity index (χ2n) is 10.8. The molecule has 0 bridgehead atoms. The van der Waals surface area contributed by atoms with Gasteiger partial charge in [0.05, 0.1) is 18.9 Å². The fourth-order valence-electron chi connectivity index (χ4n) is 6.40. The Hall–Kier alpha value is -4.45. The summed E-state index contributed by atoms with van der Waals surface area (Å²) < 4.78 is 18.8. The zero-order valence-corrected chi connectivity index (χ0v) is 23.3. The van der Waals surface area contributed by atoms with Crippen LogP contribution in [0.1, 0.15) is 29.0 Å². The smallest absolute Gasteiger partial charge is 0.217 e. The molecule has 0 spiro atoms. The number of nitrogens with zero attached hydrogens (tertiary/aromatic N) is 2. The van der Waals surface area contributed by atoms with Gasteiger partial charge in [0, 0.05) is 29.0 Å². The first kappa shape index (κ1) is 25.5. The van der Waals surface area contributed by atoms with Gasteiger partial charge in [0.2, 0.25) is 5.88 Å². The van der Waals surface area contributed by atoms with Crippen molar-refractivity contribution in [1.29, 1.82) is 0 Å². The molecule has 4 aromatic carbocycles. The largest absolute Gasteiger partial charge is 0.481 e. The third kappa shape index (κ3) is 4.48. The van der Waals surface area contributed by atoms with E-state index < -0.39 is 5.60 Å². The van der Waals surface area contributed by atoms with E-state index >= 15 is 0 Å². The number of aromatic nitrogens is 1. The zero-order chi connectivity index (χ0) is 27.8. The van der Waals surface area contributed by atoms with Gasteiger partial charge in [-0.05, 0) is 71.8 Å². The van der Waals surface area contributed by atoms with E-state index in [1.807, 2.05) is 24.3 Å². The number of furan rings is 1. The van der Waals surface area contributed by atoms with Gasteiger partial charge >= 0.3 is 0 Å².